The van der Waals surface area contributed by atoms with E-state index in [1.807, 2.05) is 55.5 Å². The standard InChI is InChI=1S/C16H18BrN3O.HI/c1-12-4-2-6-14(10-12)20-16(18)19-8-9-21-15-7-3-5-13(17)11-15;/h2-7,10-11H,8-9H2,1H3,(H3,18,19,20);1H. The average molecular weight is 476 g/mol. The molecule has 0 amide bonds. The molecule has 0 aromatic heterocycles. The number of nitrogens with one attached hydrogen (secondary N) is 1. The van der Waals surface area contributed by atoms with Gasteiger partial charge in [0.1, 0.15) is 12.4 Å². The summed E-state index contributed by atoms with van der Waals surface area (Å²) in [4.78, 5) is 4.23. The first-order valence-corrected chi connectivity index (χ1v) is 7.45. The largest absolute Gasteiger partial charge is 0.492 e. The Labute approximate surface area is 156 Å². The van der Waals surface area contributed by atoms with Crippen molar-refractivity contribution in [2.75, 3.05) is 18.5 Å². The van der Waals surface area contributed by atoms with Gasteiger partial charge in [0, 0.05) is 10.2 Å². The van der Waals surface area contributed by atoms with Crippen molar-refractivity contribution >= 4 is 51.6 Å². The molecule has 22 heavy (non-hydrogen) atoms. The Morgan fingerprint density at radius 3 is 2.73 bits per heavy atom. The Kier molecular flexibility index (Phi) is 8.26. The highest BCUT2D eigenvalue weighted by molar-refractivity contribution is 14.0. The molecule has 0 radical (unpaired) electrons. The molecular weight excluding hydrogens is 457 g/mol. The highest BCUT2D eigenvalue weighted by Crippen LogP contribution is 2.17. The number of nitrogens with two attached hydrogens (primary N) is 1. The van der Waals surface area contributed by atoms with Gasteiger partial charge in [-0.1, -0.05) is 34.1 Å². The minimum absolute atomic E-state index is 0. The van der Waals surface area contributed by atoms with Crippen LogP contribution < -0.4 is 15.8 Å². The van der Waals surface area contributed by atoms with Crippen molar-refractivity contribution in [1.29, 1.82) is 0 Å². The third-order valence-corrected chi connectivity index (χ3v) is 3.22. The van der Waals surface area contributed by atoms with Gasteiger partial charge in [-0.2, -0.15) is 0 Å². The van der Waals surface area contributed by atoms with E-state index in [2.05, 4.69) is 26.2 Å². The molecule has 3 N–H and O–H groups in total. The van der Waals surface area contributed by atoms with Crippen LogP contribution in [0.1, 0.15) is 5.56 Å². The van der Waals surface area contributed by atoms with Crippen LogP contribution in [-0.4, -0.2) is 19.1 Å². The van der Waals surface area contributed by atoms with Gasteiger partial charge in [0.2, 0.25) is 0 Å². The van der Waals surface area contributed by atoms with Gasteiger partial charge in [-0.15, -0.1) is 24.0 Å². The second-order valence-corrected chi connectivity index (χ2v) is 5.48. The zero-order valence-corrected chi connectivity index (χ0v) is 16.2. The van der Waals surface area contributed by atoms with Crippen LogP contribution in [0, 0.1) is 6.92 Å². The molecule has 2 rings (SSSR count). The van der Waals surface area contributed by atoms with Crippen LogP contribution in [-0.2, 0) is 0 Å². The van der Waals surface area contributed by atoms with Crippen LogP contribution in [0.25, 0.3) is 0 Å². The summed E-state index contributed by atoms with van der Waals surface area (Å²) in [5.41, 5.74) is 7.94. The molecule has 2 aromatic carbocycles. The van der Waals surface area contributed by atoms with E-state index in [4.69, 9.17) is 10.5 Å². The second kappa shape index (κ2) is 9.68. The number of benzene rings is 2. The lowest BCUT2D eigenvalue weighted by Crippen LogP contribution is -2.23. The van der Waals surface area contributed by atoms with Crippen molar-refractivity contribution in [3.8, 4) is 5.75 Å². The van der Waals surface area contributed by atoms with Crippen LogP contribution in [0.5, 0.6) is 5.75 Å². The third-order valence-electron chi connectivity index (χ3n) is 2.73. The van der Waals surface area contributed by atoms with E-state index in [-0.39, 0.29) is 24.0 Å². The van der Waals surface area contributed by atoms with Gasteiger partial charge in [-0.3, -0.25) is 0 Å². The van der Waals surface area contributed by atoms with Crippen LogP contribution >= 0.6 is 39.9 Å². The summed E-state index contributed by atoms with van der Waals surface area (Å²) in [5, 5.41) is 3.06. The number of ether oxygens (including phenoxy) is 1. The normalized spacial score (nSPS) is 10.7. The first-order chi connectivity index (χ1) is 10.1. The number of aryl methyl sites for hydroxylation is 1. The van der Waals surface area contributed by atoms with Crippen LogP contribution in [0.15, 0.2) is 58.0 Å². The topological polar surface area (TPSA) is 59.6 Å². The molecule has 0 heterocycles. The zero-order valence-electron chi connectivity index (χ0n) is 12.3. The highest BCUT2D eigenvalue weighted by Gasteiger charge is 1.96. The molecule has 4 nitrogen and oxygen atoms in total. The van der Waals surface area contributed by atoms with Gasteiger partial charge in [0.05, 0.1) is 6.54 Å². The van der Waals surface area contributed by atoms with Crippen molar-refractivity contribution in [3.63, 3.8) is 0 Å². The number of rotatable bonds is 5. The fourth-order valence-corrected chi connectivity index (χ4v) is 2.17. The number of anilines is 1. The van der Waals surface area contributed by atoms with E-state index in [1.165, 1.54) is 5.56 Å². The number of hydrogen-bond acceptors (Lipinski definition) is 2. The number of hydrogen-bond donors (Lipinski definition) is 2. The maximum absolute atomic E-state index is 5.84. The Bertz CT molecular complexity index is 634. The van der Waals surface area contributed by atoms with E-state index in [1.54, 1.807) is 0 Å². The second-order valence-electron chi connectivity index (χ2n) is 4.57. The van der Waals surface area contributed by atoms with Crippen molar-refractivity contribution in [3.05, 3.63) is 58.6 Å². The van der Waals surface area contributed by atoms with Gasteiger partial charge < -0.3 is 15.8 Å². The Hall–Kier alpha value is -1.28. The molecule has 0 atom stereocenters. The Balaban J connectivity index is 0.00000242. The summed E-state index contributed by atoms with van der Waals surface area (Å²) in [6, 6.07) is 15.7. The fraction of sp³-hybridized carbons (Fsp3) is 0.188. The molecule has 0 spiro atoms. The molecule has 0 bridgehead atoms. The summed E-state index contributed by atoms with van der Waals surface area (Å²) < 4.78 is 6.58. The quantitative estimate of drug-likeness (QED) is 0.295. The lowest BCUT2D eigenvalue weighted by Gasteiger charge is -2.07. The van der Waals surface area contributed by atoms with Gasteiger partial charge in [0.15, 0.2) is 5.96 Å². The molecule has 0 aliphatic rings. The van der Waals surface area contributed by atoms with E-state index in [0.717, 1.165) is 15.9 Å². The SMILES string of the molecule is Cc1cccc(NC(N)=NCCOc2cccc(Br)c2)c1.I. The monoisotopic (exact) mass is 475 g/mol. The summed E-state index contributed by atoms with van der Waals surface area (Å²) in [6.07, 6.45) is 0. The molecule has 2 aromatic rings. The third kappa shape index (κ3) is 6.65. The minimum atomic E-state index is 0. The van der Waals surface area contributed by atoms with Gasteiger partial charge in [0.25, 0.3) is 0 Å². The number of aliphatic imine (C=N–C) groups is 1. The average Bonchev–Trinajstić information content (AvgIpc) is 2.44. The van der Waals surface area contributed by atoms with Crippen molar-refractivity contribution < 1.29 is 4.74 Å². The fourth-order valence-electron chi connectivity index (χ4n) is 1.80. The maximum Gasteiger partial charge on any atom is 0.193 e. The summed E-state index contributed by atoms with van der Waals surface area (Å²) in [5.74, 6) is 1.20. The van der Waals surface area contributed by atoms with Crippen molar-refractivity contribution in [2.24, 2.45) is 10.7 Å². The molecule has 118 valence electrons. The summed E-state index contributed by atoms with van der Waals surface area (Å²) >= 11 is 3.40. The highest BCUT2D eigenvalue weighted by atomic mass is 127. The minimum Gasteiger partial charge on any atom is -0.492 e. The molecular formula is C16H19BrIN3O. The Morgan fingerprint density at radius 2 is 2.00 bits per heavy atom. The first kappa shape index (κ1) is 18.8. The smallest absolute Gasteiger partial charge is 0.193 e. The lowest BCUT2D eigenvalue weighted by atomic mass is 10.2. The predicted molar refractivity (Wildman–Crippen MR) is 106 cm³/mol. The summed E-state index contributed by atoms with van der Waals surface area (Å²) in [7, 11) is 0. The van der Waals surface area contributed by atoms with E-state index in [0.29, 0.717) is 19.1 Å². The van der Waals surface area contributed by atoms with E-state index < -0.39 is 0 Å². The predicted octanol–water partition coefficient (Wildman–Crippen LogP) is 4.18. The van der Waals surface area contributed by atoms with Gasteiger partial charge in [-0.05, 0) is 42.8 Å². The molecule has 0 aliphatic carbocycles. The summed E-state index contributed by atoms with van der Waals surface area (Å²) in [6.45, 7) is 3.01. The number of guanidine groups is 1. The lowest BCUT2D eigenvalue weighted by molar-refractivity contribution is 0.328. The molecule has 0 unspecified atom stereocenters. The number of halogens is 2. The van der Waals surface area contributed by atoms with Gasteiger partial charge >= 0.3 is 0 Å². The molecule has 0 saturated heterocycles. The van der Waals surface area contributed by atoms with Crippen LogP contribution in [0.3, 0.4) is 0 Å². The van der Waals surface area contributed by atoms with E-state index >= 15 is 0 Å². The molecule has 0 saturated carbocycles. The zero-order chi connectivity index (χ0) is 15.1. The van der Waals surface area contributed by atoms with Crippen LogP contribution in [0.2, 0.25) is 0 Å². The van der Waals surface area contributed by atoms with Crippen molar-refractivity contribution in [2.45, 2.75) is 6.92 Å². The molecule has 0 aliphatic heterocycles. The number of nitrogens with zero attached hydrogens (tertiary/aromatic N) is 1. The maximum atomic E-state index is 5.84. The van der Waals surface area contributed by atoms with Crippen LogP contribution in [0.4, 0.5) is 5.69 Å². The van der Waals surface area contributed by atoms with E-state index in [9.17, 15) is 0 Å². The Morgan fingerprint density at radius 1 is 1.23 bits per heavy atom. The van der Waals surface area contributed by atoms with Crippen molar-refractivity contribution in [1.82, 2.24) is 0 Å². The van der Waals surface area contributed by atoms with Gasteiger partial charge in [-0.25, -0.2) is 4.99 Å². The molecule has 0 fully saturated rings. The first-order valence-electron chi connectivity index (χ1n) is 6.65. The molecule has 6 heteroatoms.